The molecule has 0 saturated carbocycles. The minimum absolute atomic E-state index is 0.193. The Hall–Kier alpha value is -6.41. The second kappa shape index (κ2) is 19.2. The van der Waals surface area contributed by atoms with Gasteiger partial charge in [-0.15, -0.1) is 0 Å². The number of hydrogen-bond donors (Lipinski definition) is 1. The molecule has 360 valence electrons. The van der Waals surface area contributed by atoms with Gasteiger partial charge in [-0.3, -0.25) is 9.97 Å². The molecule has 0 radical (unpaired) electrons. The molecule has 1 aliphatic carbocycles. The van der Waals surface area contributed by atoms with Gasteiger partial charge in [0, 0.05) is 57.5 Å². The van der Waals surface area contributed by atoms with Crippen molar-refractivity contribution in [2.45, 2.75) is 150 Å². The molecule has 3 aromatic heterocycles. The van der Waals surface area contributed by atoms with Crippen LogP contribution < -0.4 is 14.2 Å². The van der Waals surface area contributed by atoms with Crippen molar-refractivity contribution in [3.05, 3.63) is 194 Å². The minimum Gasteiger partial charge on any atom is -0.507 e. The lowest BCUT2D eigenvalue weighted by Crippen LogP contribution is -2.17. The summed E-state index contributed by atoms with van der Waals surface area (Å²) in [6.07, 6.45) is 9.33. The van der Waals surface area contributed by atoms with Gasteiger partial charge in [-0.05, 0) is 113 Å². The molecular formula is C61H72N4O4. The van der Waals surface area contributed by atoms with Crippen LogP contribution in [0.2, 0.25) is 0 Å². The average Bonchev–Trinajstić information content (AvgIpc) is 3.69. The number of phenols is 1. The fraction of sp³-hybridized carbons (Fsp3) is 0.393. The SMILES string of the molecule is Cn1ccnc1COc1c2cc(C(C)(C)C)cc1Cc1cc(C(C)(C)C)cc(c1OCc1ccccn1)Cc1cc(C(C)(C)C)cc(c1OCc1ccccn1)Cc1cc(C(C)(C)C)cc(c1O)C2. The van der Waals surface area contributed by atoms with Crippen molar-refractivity contribution < 1.29 is 19.3 Å². The Kier molecular flexibility index (Phi) is 13.6. The molecule has 8 bridgehead atoms. The Bertz CT molecular complexity index is 2940. The van der Waals surface area contributed by atoms with Gasteiger partial charge in [-0.25, -0.2) is 4.98 Å². The summed E-state index contributed by atoms with van der Waals surface area (Å²) in [6.45, 7) is 28.0. The molecule has 69 heavy (non-hydrogen) atoms. The minimum atomic E-state index is -0.204. The van der Waals surface area contributed by atoms with Crippen LogP contribution in [0.4, 0.5) is 0 Å². The van der Waals surface area contributed by atoms with Crippen LogP contribution in [0.5, 0.6) is 23.0 Å². The van der Waals surface area contributed by atoms with Crippen molar-refractivity contribution in [2.75, 3.05) is 0 Å². The van der Waals surface area contributed by atoms with E-state index >= 15 is 0 Å². The normalized spacial score (nSPS) is 13.3. The molecule has 0 unspecified atom stereocenters. The van der Waals surface area contributed by atoms with Crippen LogP contribution in [-0.4, -0.2) is 24.6 Å². The number of fused-ring (bicyclic) bond motifs is 8. The number of ether oxygens (including phenoxy) is 3. The first-order valence-corrected chi connectivity index (χ1v) is 24.5. The molecule has 8 nitrogen and oxygen atoms in total. The summed E-state index contributed by atoms with van der Waals surface area (Å²) in [4.78, 5) is 14.0. The number of aryl methyl sites for hydroxylation is 1. The molecule has 3 heterocycles. The highest BCUT2D eigenvalue weighted by atomic mass is 16.5. The van der Waals surface area contributed by atoms with Gasteiger partial charge < -0.3 is 23.9 Å². The zero-order valence-electron chi connectivity index (χ0n) is 43.3. The van der Waals surface area contributed by atoms with Gasteiger partial charge in [0.1, 0.15) is 48.6 Å². The van der Waals surface area contributed by atoms with Gasteiger partial charge in [-0.1, -0.05) is 144 Å². The van der Waals surface area contributed by atoms with Crippen molar-refractivity contribution in [3.63, 3.8) is 0 Å². The van der Waals surface area contributed by atoms with Crippen LogP contribution in [0.25, 0.3) is 0 Å². The van der Waals surface area contributed by atoms with Gasteiger partial charge >= 0.3 is 0 Å². The molecule has 0 fully saturated rings. The summed E-state index contributed by atoms with van der Waals surface area (Å²) in [5.41, 5.74) is 13.5. The summed E-state index contributed by atoms with van der Waals surface area (Å²) < 4.78 is 23.3. The third-order valence-electron chi connectivity index (χ3n) is 13.4. The first-order valence-electron chi connectivity index (χ1n) is 24.5. The van der Waals surface area contributed by atoms with E-state index in [9.17, 15) is 5.11 Å². The molecule has 7 aromatic rings. The fourth-order valence-electron chi connectivity index (χ4n) is 9.12. The molecule has 4 aromatic carbocycles. The Labute approximate surface area is 411 Å². The number of hydrogen-bond acceptors (Lipinski definition) is 7. The van der Waals surface area contributed by atoms with Crippen LogP contribution in [-0.2, 0) is 74.2 Å². The Balaban J connectivity index is 1.46. The van der Waals surface area contributed by atoms with Crippen LogP contribution >= 0.6 is 0 Å². The Morgan fingerprint density at radius 1 is 0.435 bits per heavy atom. The number of rotatable bonds is 9. The molecule has 8 rings (SSSR count). The van der Waals surface area contributed by atoms with Crippen molar-refractivity contribution >= 4 is 0 Å². The number of phenolic OH excluding ortho intramolecular Hbond substituents is 1. The highest BCUT2D eigenvalue weighted by Gasteiger charge is 2.29. The van der Waals surface area contributed by atoms with Crippen LogP contribution in [0, 0.1) is 0 Å². The molecule has 8 heteroatoms. The third kappa shape index (κ3) is 11.4. The molecule has 0 spiro atoms. The molecule has 0 atom stereocenters. The predicted octanol–water partition coefficient (Wildman–Crippen LogP) is 13.5. The monoisotopic (exact) mass is 925 g/mol. The first kappa shape index (κ1) is 49.0. The van der Waals surface area contributed by atoms with Gasteiger partial charge in [0.15, 0.2) is 0 Å². The van der Waals surface area contributed by atoms with Gasteiger partial charge in [0.25, 0.3) is 0 Å². The maximum absolute atomic E-state index is 12.8. The molecule has 1 aliphatic rings. The third-order valence-corrected chi connectivity index (χ3v) is 13.4. The van der Waals surface area contributed by atoms with E-state index in [2.05, 4.69) is 142 Å². The lowest BCUT2D eigenvalue weighted by Gasteiger charge is -2.29. The van der Waals surface area contributed by atoms with Gasteiger partial charge in [0.05, 0.1) is 11.4 Å². The summed E-state index contributed by atoms with van der Waals surface area (Å²) in [6, 6.07) is 30.2. The van der Waals surface area contributed by atoms with Crippen molar-refractivity contribution in [3.8, 4) is 23.0 Å². The maximum Gasteiger partial charge on any atom is 0.146 e. The second-order valence-corrected chi connectivity index (χ2v) is 23.2. The molecule has 0 saturated heterocycles. The summed E-state index contributed by atoms with van der Waals surface area (Å²) in [7, 11) is 2.00. The largest absolute Gasteiger partial charge is 0.507 e. The highest BCUT2D eigenvalue weighted by molar-refractivity contribution is 5.60. The highest BCUT2D eigenvalue weighted by Crippen LogP contribution is 2.44. The molecular weight excluding hydrogens is 853 g/mol. The smallest absolute Gasteiger partial charge is 0.146 e. The summed E-state index contributed by atoms with van der Waals surface area (Å²) in [5, 5.41) is 12.8. The summed E-state index contributed by atoms with van der Waals surface area (Å²) in [5.74, 6) is 3.53. The van der Waals surface area contributed by atoms with E-state index in [1.165, 1.54) is 16.7 Å². The van der Waals surface area contributed by atoms with E-state index in [1.54, 1.807) is 0 Å². The number of benzene rings is 4. The number of pyridine rings is 2. The van der Waals surface area contributed by atoms with Crippen LogP contribution in [0.1, 0.15) is 167 Å². The van der Waals surface area contributed by atoms with Crippen molar-refractivity contribution in [1.29, 1.82) is 0 Å². The zero-order valence-corrected chi connectivity index (χ0v) is 43.3. The number of nitrogens with zero attached hydrogens (tertiary/aromatic N) is 4. The van der Waals surface area contributed by atoms with Gasteiger partial charge in [-0.2, -0.15) is 0 Å². The van der Waals surface area contributed by atoms with E-state index in [0.717, 1.165) is 84.5 Å². The second-order valence-electron chi connectivity index (χ2n) is 23.2. The zero-order chi connectivity index (χ0) is 49.5. The number of imidazole rings is 1. The number of aromatic nitrogens is 4. The lowest BCUT2D eigenvalue weighted by molar-refractivity contribution is 0.285. The average molecular weight is 925 g/mol. The van der Waals surface area contributed by atoms with Gasteiger partial charge in [0.2, 0.25) is 0 Å². The Morgan fingerprint density at radius 2 is 0.754 bits per heavy atom. The first-order chi connectivity index (χ1) is 32.5. The van der Waals surface area contributed by atoms with Crippen molar-refractivity contribution in [1.82, 2.24) is 19.5 Å². The van der Waals surface area contributed by atoms with Crippen molar-refractivity contribution in [2.24, 2.45) is 7.05 Å². The van der Waals surface area contributed by atoms with E-state index < -0.39 is 0 Å². The quantitative estimate of drug-likeness (QED) is 0.154. The Morgan fingerprint density at radius 3 is 1.04 bits per heavy atom. The van der Waals surface area contributed by atoms with E-state index in [1.807, 2.05) is 72.8 Å². The molecule has 1 N–H and O–H groups in total. The van der Waals surface area contributed by atoms with E-state index in [-0.39, 0.29) is 40.6 Å². The van der Waals surface area contributed by atoms with Crippen LogP contribution in [0.3, 0.4) is 0 Å². The van der Waals surface area contributed by atoms with E-state index in [4.69, 9.17) is 19.2 Å². The maximum atomic E-state index is 12.8. The molecule has 0 amide bonds. The summed E-state index contributed by atoms with van der Waals surface area (Å²) >= 11 is 0. The predicted molar refractivity (Wildman–Crippen MR) is 278 cm³/mol. The fourth-order valence-corrected chi connectivity index (χ4v) is 9.12. The topological polar surface area (TPSA) is 91.5 Å². The van der Waals surface area contributed by atoms with Crippen LogP contribution in [0.15, 0.2) is 110 Å². The molecule has 0 aliphatic heterocycles. The lowest BCUT2D eigenvalue weighted by atomic mass is 9.79. The number of aromatic hydroxyl groups is 1. The van der Waals surface area contributed by atoms with E-state index in [0.29, 0.717) is 32.3 Å². The standard InChI is InChI=1S/C61H72N4O4/c1-58(2,3)47-28-39-24-41-30-48(59(4,5)6)32-43(55(41)67-36-51-18-14-16-20-62-51)26-44-33-50(61(10,11)12)34-45(56(44)68-37-52-19-15-17-21-63-52)27-46-35-49(60(7,8)9)31-42(25-40(29-47)54(39)66)57(46)69-38-53-64-22-23-65(53)13/h14-23,28-35,66H,24-27,36-38H2,1-13H3.